The van der Waals surface area contributed by atoms with E-state index in [1.165, 1.54) is 58.4 Å². The molecule has 6 heteroatoms. The quantitative estimate of drug-likeness (QED) is 0.173. The van der Waals surface area contributed by atoms with Gasteiger partial charge in [0.1, 0.15) is 11.2 Å². The maximum Gasteiger partial charge on any atom is 0.136 e. The van der Waals surface area contributed by atoms with Gasteiger partial charge in [-0.1, -0.05) is 207 Å². The van der Waals surface area contributed by atoms with Crippen molar-refractivity contribution in [1.29, 1.82) is 15.8 Å². The van der Waals surface area contributed by atoms with Gasteiger partial charge in [0.05, 0.1) is 45.9 Å². The lowest BCUT2D eigenvalue weighted by Crippen LogP contribution is -1.93. The first-order valence-electron chi connectivity index (χ1n) is 26.2. The van der Waals surface area contributed by atoms with Crippen molar-refractivity contribution in [3.05, 3.63) is 247 Å². The monoisotopic (exact) mass is 1010 g/mol. The van der Waals surface area contributed by atoms with Crippen LogP contribution in [0.4, 0.5) is 0 Å². The van der Waals surface area contributed by atoms with Gasteiger partial charge in [-0.2, -0.15) is 15.8 Å². The van der Waals surface area contributed by atoms with Crippen molar-refractivity contribution in [1.82, 2.24) is 4.57 Å². The molecule has 5 nitrogen and oxygen atoms in total. The molecule has 13 aromatic rings. The van der Waals surface area contributed by atoms with Gasteiger partial charge in [-0.25, -0.2) is 0 Å². The van der Waals surface area contributed by atoms with E-state index in [0.29, 0.717) is 11.1 Å². The molecule has 0 unspecified atom stereocenters. The molecule has 76 heavy (non-hydrogen) atoms. The summed E-state index contributed by atoms with van der Waals surface area (Å²) in [6.45, 7) is 18.1. The van der Waals surface area contributed by atoms with Gasteiger partial charge in [-0.05, 0) is 108 Å². The number of nitriles is 3. The van der Waals surface area contributed by atoms with Crippen LogP contribution in [0.1, 0.15) is 77.6 Å². The molecule has 0 spiro atoms. The maximum atomic E-state index is 9.17. The number of hydrogen-bond acceptors (Lipinski definition) is 5. The van der Waals surface area contributed by atoms with Crippen LogP contribution in [0.3, 0.4) is 0 Å². The lowest BCUT2D eigenvalue weighted by molar-refractivity contribution is 0.669. The molecule has 0 bridgehead atoms. The number of hydrogen-bond donors (Lipinski definition) is 0. The maximum absolute atomic E-state index is 9.17. The molecule has 376 valence electrons. The summed E-state index contributed by atoms with van der Waals surface area (Å²) in [4.78, 5) is 0. The molecule has 0 saturated carbocycles. The first-order valence-corrected chi connectivity index (χ1v) is 27.0. The van der Waals surface area contributed by atoms with Crippen LogP contribution in [0.2, 0.25) is 0 Å². The normalized spacial score (nSPS) is 9.87. The van der Waals surface area contributed by atoms with Crippen molar-refractivity contribution in [3.8, 4) is 35.0 Å². The van der Waals surface area contributed by atoms with Crippen LogP contribution in [-0.4, -0.2) is 4.57 Å². The minimum atomic E-state index is 0.626. The third-order valence-electron chi connectivity index (χ3n) is 12.0. The Balaban J connectivity index is 0.000000159. The fourth-order valence-electron chi connectivity index (χ4n) is 8.60. The first kappa shape index (κ1) is 56.1. The summed E-state index contributed by atoms with van der Waals surface area (Å²) in [5.74, 6) is 0. The Kier molecular flexibility index (Phi) is 20.8. The number of aromatic nitrogens is 1. The topological polar surface area (TPSA) is 89.4 Å². The Morgan fingerprint density at radius 2 is 0.842 bits per heavy atom. The lowest BCUT2D eigenvalue weighted by Gasteiger charge is -2.07. The summed E-state index contributed by atoms with van der Waals surface area (Å²) in [6, 6.07) is 82.3. The summed E-state index contributed by atoms with van der Waals surface area (Å²) in [5, 5.41) is 36.4. The highest BCUT2D eigenvalue weighted by atomic mass is 32.1. The third kappa shape index (κ3) is 12.9. The van der Waals surface area contributed by atoms with E-state index in [0.717, 1.165) is 44.2 Å². The van der Waals surface area contributed by atoms with Crippen LogP contribution in [0, 0.1) is 40.9 Å². The molecule has 3 heterocycles. The zero-order valence-electron chi connectivity index (χ0n) is 45.0. The molecular formula is C70H64N4OS. The number of fused-ring (bicyclic) bond motifs is 10. The van der Waals surface area contributed by atoms with Crippen LogP contribution < -0.4 is 0 Å². The molecule has 0 fully saturated rings. The number of benzene rings is 10. The van der Waals surface area contributed by atoms with Crippen molar-refractivity contribution in [2.75, 3.05) is 0 Å². The van der Waals surface area contributed by atoms with Gasteiger partial charge in [0.15, 0.2) is 0 Å². The second-order valence-electron chi connectivity index (χ2n) is 16.3. The highest BCUT2D eigenvalue weighted by molar-refractivity contribution is 7.25. The fourth-order valence-corrected chi connectivity index (χ4v) is 9.75. The van der Waals surface area contributed by atoms with E-state index < -0.39 is 0 Å². The molecular weight excluding hydrogens is 945 g/mol. The summed E-state index contributed by atoms with van der Waals surface area (Å²) >= 11 is 1.74. The molecule has 13 rings (SSSR count). The van der Waals surface area contributed by atoms with Gasteiger partial charge in [-0.3, -0.25) is 0 Å². The summed E-state index contributed by atoms with van der Waals surface area (Å²) in [7, 11) is 0. The molecule has 0 atom stereocenters. The molecule has 10 aromatic carbocycles. The highest BCUT2D eigenvalue weighted by Gasteiger charge is 2.12. The van der Waals surface area contributed by atoms with Crippen molar-refractivity contribution in [3.63, 3.8) is 0 Å². The average molecular weight is 1010 g/mol. The van der Waals surface area contributed by atoms with Gasteiger partial charge >= 0.3 is 0 Å². The smallest absolute Gasteiger partial charge is 0.136 e. The predicted octanol–water partition coefficient (Wildman–Crippen LogP) is 21.0. The number of nitrogens with zero attached hydrogens (tertiary/aromatic N) is 4. The molecule has 0 N–H and O–H groups in total. The SMILES string of the molecule is CC.CC.CC.CC.Cc1ccc(-c2ccc3ccccc3c2)cc1.N#Cc1ccc2c(c1)oc1ccccc12.N#Cc1ccc2c(c1)sc1ccccc12.N#Cc1ccc2c3ccccc3n(-c3ccccc3)c2c1. The fraction of sp³-hybridized carbons (Fsp3) is 0.129. The molecule has 3 aromatic heterocycles. The largest absolute Gasteiger partial charge is 0.456 e. The average Bonchev–Trinajstić information content (AvgIpc) is 4.21. The van der Waals surface area contributed by atoms with Gasteiger partial charge in [-0.15, -0.1) is 11.3 Å². The molecule has 0 saturated heterocycles. The van der Waals surface area contributed by atoms with E-state index in [9.17, 15) is 5.26 Å². The molecule has 0 radical (unpaired) electrons. The van der Waals surface area contributed by atoms with Crippen molar-refractivity contribution >= 4 is 86.0 Å². The minimum absolute atomic E-state index is 0.626. The highest BCUT2D eigenvalue weighted by Crippen LogP contribution is 2.35. The number of aryl methyl sites for hydroxylation is 1. The van der Waals surface area contributed by atoms with Crippen LogP contribution in [-0.2, 0) is 0 Å². The van der Waals surface area contributed by atoms with Crippen molar-refractivity contribution < 1.29 is 4.42 Å². The minimum Gasteiger partial charge on any atom is -0.456 e. The number of thiophene rings is 1. The van der Waals surface area contributed by atoms with E-state index in [2.05, 4.69) is 139 Å². The Morgan fingerprint density at radius 1 is 0.355 bits per heavy atom. The molecule has 0 amide bonds. The standard InChI is InChI=1S/C19H12N2.C17H14.C13H7NO.C13H7NS.4C2H6/c20-13-14-10-11-17-16-8-4-5-9-18(16)21(19(17)12-14)15-6-2-1-3-7-15;1-13-6-8-15(9-7-13)17-11-10-14-4-2-3-5-16(14)12-17;2*14-8-9-5-6-11-10-3-1-2-4-12(10)15-13(11)7-9;4*1-2/h1-12H;2-12H,1H3;2*1-7H;4*1-2H3. The second-order valence-corrected chi connectivity index (χ2v) is 17.4. The van der Waals surface area contributed by atoms with Crippen molar-refractivity contribution in [2.24, 2.45) is 0 Å². The van der Waals surface area contributed by atoms with Crippen LogP contribution >= 0.6 is 11.3 Å². The van der Waals surface area contributed by atoms with E-state index in [-0.39, 0.29) is 0 Å². The van der Waals surface area contributed by atoms with E-state index in [1.54, 1.807) is 17.4 Å². The van der Waals surface area contributed by atoms with E-state index in [1.807, 2.05) is 165 Å². The van der Waals surface area contributed by atoms with Crippen LogP contribution in [0.15, 0.2) is 229 Å². The third-order valence-corrected chi connectivity index (χ3v) is 13.1. The summed E-state index contributed by atoms with van der Waals surface area (Å²) in [5.41, 5.74) is 10.9. The lowest BCUT2D eigenvalue weighted by atomic mass is 10.0. The number of rotatable bonds is 2. The molecule has 0 aliphatic rings. The number of para-hydroxylation sites is 3. The molecule has 0 aliphatic carbocycles. The van der Waals surface area contributed by atoms with Crippen LogP contribution in [0.5, 0.6) is 0 Å². The van der Waals surface area contributed by atoms with Gasteiger partial charge in [0, 0.05) is 47.4 Å². The summed E-state index contributed by atoms with van der Waals surface area (Å²) < 4.78 is 10.3. The van der Waals surface area contributed by atoms with Gasteiger partial charge in [0.25, 0.3) is 0 Å². The summed E-state index contributed by atoms with van der Waals surface area (Å²) in [6.07, 6.45) is 0. The van der Waals surface area contributed by atoms with Crippen molar-refractivity contribution in [2.45, 2.75) is 62.3 Å². The Hall–Kier alpha value is -9.25. The van der Waals surface area contributed by atoms with Gasteiger partial charge in [0.2, 0.25) is 0 Å². The molecule has 0 aliphatic heterocycles. The van der Waals surface area contributed by atoms with E-state index >= 15 is 0 Å². The van der Waals surface area contributed by atoms with E-state index in [4.69, 9.17) is 14.9 Å². The Bertz CT molecular complexity index is 3960. The zero-order chi connectivity index (χ0) is 54.4. The zero-order valence-corrected chi connectivity index (χ0v) is 45.8. The predicted molar refractivity (Wildman–Crippen MR) is 327 cm³/mol. The number of furan rings is 1. The Labute approximate surface area is 452 Å². The van der Waals surface area contributed by atoms with Crippen LogP contribution in [0.25, 0.3) is 91.5 Å². The first-order chi connectivity index (χ1) is 37.5. The second kappa shape index (κ2) is 28.3. The van der Waals surface area contributed by atoms with Gasteiger partial charge < -0.3 is 8.98 Å². The Morgan fingerprint density at radius 3 is 1.53 bits per heavy atom.